The van der Waals surface area contributed by atoms with Gasteiger partial charge in [-0.3, -0.25) is 4.79 Å². The number of ketones is 1. The lowest BCUT2D eigenvalue weighted by Gasteiger charge is -2.04. The van der Waals surface area contributed by atoms with E-state index in [0.717, 1.165) is 6.92 Å². The summed E-state index contributed by atoms with van der Waals surface area (Å²) in [5.41, 5.74) is 4.11. The number of halogens is 3. The standard InChI is InChI=1S/C8H6F3NO/c1-3(13)6-5(12)2-4(9)7(10)8(6)11/h2H,12H2,1H3. The van der Waals surface area contributed by atoms with Gasteiger partial charge in [-0.2, -0.15) is 0 Å². The van der Waals surface area contributed by atoms with Crippen LogP contribution in [0, 0.1) is 17.5 Å². The van der Waals surface area contributed by atoms with Gasteiger partial charge in [-0.1, -0.05) is 0 Å². The third kappa shape index (κ3) is 1.49. The van der Waals surface area contributed by atoms with E-state index in [2.05, 4.69) is 0 Å². The molecule has 70 valence electrons. The van der Waals surface area contributed by atoms with Crippen LogP contribution in [-0.2, 0) is 0 Å². The minimum Gasteiger partial charge on any atom is -0.398 e. The lowest BCUT2D eigenvalue weighted by Crippen LogP contribution is -2.07. The fourth-order valence-corrected chi connectivity index (χ4v) is 0.971. The van der Waals surface area contributed by atoms with E-state index in [0.29, 0.717) is 6.07 Å². The maximum absolute atomic E-state index is 12.9. The molecule has 0 aromatic heterocycles. The molecule has 0 aliphatic rings. The second kappa shape index (κ2) is 3.08. The smallest absolute Gasteiger partial charge is 0.195 e. The molecule has 0 unspecified atom stereocenters. The first-order valence-electron chi connectivity index (χ1n) is 3.39. The zero-order chi connectivity index (χ0) is 10.2. The molecule has 0 spiro atoms. The Morgan fingerprint density at radius 3 is 2.31 bits per heavy atom. The normalized spacial score (nSPS) is 10.2. The van der Waals surface area contributed by atoms with Crippen molar-refractivity contribution in [2.45, 2.75) is 6.92 Å². The van der Waals surface area contributed by atoms with Crippen LogP contribution in [0.3, 0.4) is 0 Å². The number of Topliss-reactive ketones (excluding diaryl/α,β-unsaturated/α-hetero) is 1. The molecule has 1 rings (SSSR count). The summed E-state index contributed by atoms with van der Waals surface area (Å²) in [7, 11) is 0. The number of rotatable bonds is 1. The third-order valence-electron chi connectivity index (χ3n) is 1.54. The minimum absolute atomic E-state index is 0.399. The highest BCUT2D eigenvalue weighted by Crippen LogP contribution is 2.22. The van der Waals surface area contributed by atoms with E-state index in [1.54, 1.807) is 0 Å². The molecular weight excluding hydrogens is 183 g/mol. The third-order valence-corrected chi connectivity index (χ3v) is 1.54. The first-order valence-corrected chi connectivity index (χ1v) is 3.39. The minimum atomic E-state index is -1.68. The van der Waals surface area contributed by atoms with Gasteiger partial charge in [0.05, 0.1) is 5.56 Å². The van der Waals surface area contributed by atoms with Crippen molar-refractivity contribution in [1.29, 1.82) is 0 Å². The number of anilines is 1. The van der Waals surface area contributed by atoms with Crippen molar-refractivity contribution in [3.63, 3.8) is 0 Å². The number of benzene rings is 1. The van der Waals surface area contributed by atoms with E-state index in [1.165, 1.54) is 0 Å². The summed E-state index contributed by atoms with van der Waals surface area (Å²) in [6, 6.07) is 0.579. The van der Waals surface area contributed by atoms with Crippen LogP contribution in [0.15, 0.2) is 6.07 Å². The van der Waals surface area contributed by atoms with Gasteiger partial charge in [-0.25, -0.2) is 13.2 Å². The van der Waals surface area contributed by atoms with Crippen LogP contribution >= 0.6 is 0 Å². The highest BCUT2D eigenvalue weighted by Gasteiger charge is 2.19. The summed E-state index contributed by atoms with van der Waals surface area (Å²) >= 11 is 0. The molecule has 0 fully saturated rings. The highest BCUT2D eigenvalue weighted by atomic mass is 19.2. The summed E-state index contributed by atoms with van der Waals surface area (Å²) in [4.78, 5) is 10.7. The highest BCUT2D eigenvalue weighted by molar-refractivity contribution is 5.99. The van der Waals surface area contributed by atoms with E-state index in [9.17, 15) is 18.0 Å². The molecule has 0 saturated heterocycles. The molecule has 0 aliphatic carbocycles. The van der Waals surface area contributed by atoms with Crippen molar-refractivity contribution in [3.05, 3.63) is 29.1 Å². The van der Waals surface area contributed by atoms with Gasteiger partial charge in [0.15, 0.2) is 23.2 Å². The van der Waals surface area contributed by atoms with Gasteiger partial charge in [-0.05, 0) is 6.92 Å². The van der Waals surface area contributed by atoms with Crippen LogP contribution < -0.4 is 5.73 Å². The van der Waals surface area contributed by atoms with E-state index in [1.807, 2.05) is 0 Å². The number of nitrogen functional groups attached to an aromatic ring is 1. The molecule has 0 saturated carbocycles. The zero-order valence-corrected chi connectivity index (χ0v) is 6.70. The maximum atomic E-state index is 12.9. The molecule has 0 heterocycles. The van der Waals surface area contributed by atoms with Gasteiger partial charge in [0.1, 0.15) is 0 Å². The van der Waals surface area contributed by atoms with Crippen LogP contribution in [0.4, 0.5) is 18.9 Å². The molecule has 2 N–H and O–H groups in total. The van der Waals surface area contributed by atoms with Gasteiger partial charge >= 0.3 is 0 Å². The van der Waals surface area contributed by atoms with Gasteiger partial charge in [0.25, 0.3) is 0 Å². The van der Waals surface area contributed by atoms with Crippen LogP contribution in [0.25, 0.3) is 0 Å². The van der Waals surface area contributed by atoms with E-state index >= 15 is 0 Å². The van der Waals surface area contributed by atoms with Crippen LogP contribution in [0.2, 0.25) is 0 Å². The Bertz CT molecular complexity index is 376. The second-order valence-electron chi connectivity index (χ2n) is 2.51. The number of carbonyl (C=O) groups is 1. The summed E-state index contributed by atoms with van der Waals surface area (Å²) < 4.78 is 37.9. The van der Waals surface area contributed by atoms with E-state index in [-0.39, 0.29) is 0 Å². The molecule has 13 heavy (non-hydrogen) atoms. The topological polar surface area (TPSA) is 43.1 Å². The Kier molecular flexibility index (Phi) is 2.27. The molecule has 5 heteroatoms. The van der Waals surface area contributed by atoms with Crippen LogP contribution in [0.1, 0.15) is 17.3 Å². The molecule has 1 aromatic rings. The van der Waals surface area contributed by atoms with Crippen molar-refractivity contribution >= 4 is 11.5 Å². The molecule has 0 bridgehead atoms. The van der Waals surface area contributed by atoms with E-state index < -0.39 is 34.5 Å². The molecule has 0 amide bonds. The summed E-state index contributed by atoms with van der Waals surface area (Å²) in [5, 5.41) is 0. The summed E-state index contributed by atoms with van der Waals surface area (Å²) in [6.07, 6.45) is 0. The van der Waals surface area contributed by atoms with Crippen molar-refractivity contribution in [2.24, 2.45) is 0 Å². The maximum Gasteiger partial charge on any atom is 0.195 e. The van der Waals surface area contributed by atoms with Crippen molar-refractivity contribution in [1.82, 2.24) is 0 Å². The second-order valence-corrected chi connectivity index (χ2v) is 2.51. The molecule has 2 nitrogen and oxygen atoms in total. The lowest BCUT2D eigenvalue weighted by molar-refractivity contribution is 0.101. The fourth-order valence-electron chi connectivity index (χ4n) is 0.971. The average Bonchev–Trinajstić information content (AvgIpc) is 1.99. The Hall–Kier alpha value is -1.52. The molecule has 0 radical (unpaired) electrons. The van der Waals surface area contributed by atoms with E-state index in [4.69, 9.17) is 5.73 Å². The quantitative estimate of drug-likeness (QED) is 0.416. The van der Waals surface area contributed by atoms with Crippen LogP contribution in [0.5, 0.6) is 0 Å². The van der Waals surface area contributed by atoms with Crippen molar-refractivity contribution < 1.29 is 18.0 Å². The van der Waals surface area contributed by atoms with Gasteiger partial charge in [0.2, 0.25) is 0 Å². The zero-order valence-electron chi connectivity index (χ0n) is 6.70. The molecular formula is C8H6F3NO. The molecule has 1 aromatic carbocycles. The van der Waals surface area contributed by atoms with Crippen molar-refractivity contribution in [2.75, 3.05) is 5.73 Å². The van der Waals surface area contributed by atoms with Crippen molar-refractivity contribution in [3.8, 4) is 0 Å². The SMILES string of the molecule is CC(=O)c1c(N)cc(F)c(F)c1F. The summed E-state index contributed by atoms with van der Waals surface area (Å²) in [6.45, 7) is 1.02. The Morgan fingerprint density at radius 2 is 1.85 bits per heavy atom. The fraction of sp³-hybridized carbons (Fsp3) is 0.125. The van der Waals surface area contributed by atoms with Gasteiger partial charge in [-0.15, -0.1) is 0 Å². The number of hydrogen-bond acceptors (Lipinski definition) is 2. The predicted molar refractivity (Wildman–Crippen MR) is 40.7 cm³/mol. The first kappa shape index (κ1) is 9.57. The monoisotopic (exact) mass is 189 g/mol. The molecule has 0 atom stereocenters. The Morgan fingerprint density at radius 1 is 1.31 bits per heavy atom. The average molecular weight is 189 g/mol. The van der Waals surface area contributed by atoms with Gasteiger partial charge < -0.3 is 5.73 Å². The molecule has 0 aliphatic heterocycles. The largest absolute Gasteiger partial charge is 0.398 e. The Balaban J connectivity index is 3.53. The first-order chi connectivity index (χ1) is 5.95. The Labute approximate surface area is 72.2 Å². The predicted octanol–water partition coefficient (Wildman–Crippen LogP) is 1.89. The number of hydrogen-bond donors (Lipinski definition) is 1. The number of nitrogens with two attached hydrogens (primary N) is 1. The van der Waals surface area contributed by atoms with Crippen LogP contribution in [-0.4, -0.2) is 5.78 Å². The number of carbonyl (C=O) groups excluding carboxylic acids is 1. The summed E-state index contributed by atoms with van der Waals surface area (Å²) in [5.74, 6) is -5.36. The lowest BCUT2D eigenvalue weighted by atomic mass is 10.1. The van der Waals surface area contributed by atoms with Gasteiger partial charge in [0, 0.05) is 11.8 Å².